The molecular formula is C8H21N5O. The molecule has 0 aliphatic carbocycles. The van der Waals surface area contributed by atoms with Gasteiger partial charge in [-0.2, -0.15) is 0 Å². The van der Waals surface area contributed by atoms with Gasteiger partial charge in [0.1, 0.15) is 0 Å². The topological polar surface area (TPSA) is 50.9 Å². The van der Waals surface area contributed by atoms with Crippen molar-refractivity contribution in [1.82, 2.24) is 25.6 Å². The van der Waals surface area contributed by atoms with Crippen LogP contribution in [-0.2, 0) is 0 Å². The molecule has 2 amide bonds. The first-order valence-corrected chi connectivity index (χ1v) is 4.48. The Hall–Kier alpha value is -0.850. The Morgan fingerprint density at radius 3 is 1.79 bits per heavy atom. The van der Waals surface area contributed by atoms with Crippen molar-refractivity contribution in [3.8, 4) is 0 Å². The molecule has 0 unspecified atom stereocenters. The molecule has 0 saturated carbocycles. The Morgan fingerprint density at radius 2 is 1.50 bits per heavy atom. The van der Waals surface area contributed by atoms with Gasteiger partial charge in [0, 0.05) is 7.05 Å². The van der Waals surface area contributed by atoms with Crippen molar-refractivity contribution in [3.05, 3.63) is 0 Å². The molecule has 6 nitrogen and oxygen atoms in total. The average molecular weight is 203 g/mol. The number of rotatable bonds is 5. The number of nitrogens with zero attached hydrogens (tertiary/aromatic N) is 3. The maximum atomic E-state index is 11.5. The number of carbonyl (C=O) groups is 1. The molecule has 0 heterocycles. The third-order valence-electron chi connectivity index (χ3n) is 1.43. The lowest BCUT2D eigenvalue weighted by molar-refractivity contribution is 0.128. The lowest BCUT2D eigenvalue weighted by atomic mass is 10.6. The summed E-state index contributed by atoms with van der Waals surface area (Å²) in [5.41, 5.74) is 5.16. The van der Waals surface area contributed by atoms with Gasteiger partial charge in [-0.1, -0.05) is 0 Å². The summed E-state index contributed by atoms with van der Waals surface area (Å²) in [7, 11) is 9.37. The Morgan fingerprint density at radius 1 is 1.07 bits per heavy atom. The summed E-state index contributed by atoms with van der Waals surface area (Å²) < 4.78 is 0. The van der Waals surface area contributed by atoms with Gasteiger partial charge in [0.25, 0.3) is 0 Å². The summed E-state index contributed by atoms with van der Waals surface area (Å²) in [6, 6.07) is -0.130. The highest BCUT2D eigenvalue weighted by molar-refractivity contribution is 5.73. The van der Waals surface area contributed by atoms with Crippen LogP contribution in [0.3, 0.4) is 0 Å². The van der Waals surface area contributed by atoms with Gasteiger partial charge >= 0.3 is 6.03 Å². The van der Waals surface area contributed by atoms with Crippen molar-refractivity contribution in [3.63, 3.8) is 0 Å². The van der Waals surface area contributed by atoms with E-state index in [1.165, 1.54) is 0 Å². The van der Waals surface area contributed by atoms with Gasteiger partial charge in [0.05, 0.1) is 13.3 Å². The van der Waals surface area contributed by atoms with E-state index in [0.29, 0.717) is 13.3 Å². The highest BCUT2D eigenvalue weighted by atomic mass is 16.2. The second-order valence-electron chi connectivity index (χ2n) is 3.66. The number of carbonyl (C=O) groups excluding carboxylic acids is 1. The summed E-state index contributed by atoms with van der Waals surface area (Å²) in [6.07, 6.45) is 0. The summed E-state index contributed by atoms with van der Waals surface area (Å²) in [6.45, 7) is 1.18. The molecule has 84 valence electrons. The number of hydrazine groups is 1. The minimum atomic E-state index is -0.130. The van der Waals surface area contributed by atoms with E-state index in [9.17, 15) is 4.79 Å². The first kappa shape index (κ1) is 13.2. The van der Waals surface area contributed by atoms with Crippen molar-refractivity contribution in [2.75, 3.05) is 48.6 Å². The fourth-order valence-corrected chi connectivity index (χ4v) is 1.04. The number of hydrogen-bond acceptors (Lipinski definition) is 4. The molecule has 0 aromatic heterocycles. The number of hydrogen-bond donors (Lipinski definition) is 2. The molecular weight excluding hydrogens is 182 g/mol. The van der Waals surface area contributed by atoms with Gasteiger partial charge in [0.15, 0.2) is 0 Å². The number of nitrogens with one attached hydrogen (secondary N) is 2. The molecule has 0 bridgehead atoms. The molecule has 0 aliphatic rings. The molecule has 0 rings (SSSR count). The summed E-state index contributed by atoms with van der Waals surface area (Å²) in [5, 5.41) is 0. The highest BCUT2D eigenvalue weighted by Crippen LogP contribution is 1.92. The normalized spacial score (nSPS) is 10.8. The van der Waals surface area contributed by atoms with Crippen molar-refractivity contribution in [2.45, 2.75) is 0 Å². The number of urea groups is 1. The van der Waals surface area contributed by atoms with Crippen LogP contribution in [0, 0.1) is 0 Å². The van der Waals surface area contributed by atoms with Crippen LogP contribution in [-0.4, -0.2) is 69.3 Å². The largest absolute Gasteiger partial charge is 0.333 e. The lowest BCUT2D eigenvalue weighted by Gasteiger charge is -2.28. The molecule has 0 aromatic carbocycles. The van der Waals surface area contributed by atoms with Gasteiger partial charge in [-0.25, -0.2) is 10.2 Å². The zero-order valence-electron chi connectivity index (χ0n) is 9.66. The molecule has 0 saturated heterocycles. The minimum Gasteiger partial charge on any atom is -0.298 e. The smallest absolute Gasteiger partial charge is 0.298 e. The fourth-order valence-electron chi connectivity index (χ4n) is 1.04. The van der Waals surface area contributed by atoms with E-state index in [-0.39, 0.29) is 6.03 Å². The lowest BCUT2D eigenvalue weighted by Crippen LogP contribution is -2.51. The van der Waals surface area contributed by atoms with E-state index in [4.69, 9.17) is 0 Å². The van der Waals surface area contributed by atoms with Gasteiger partial charge < -0.3 is 0 Å². The van der Waals surface area contributed by atoms with E-state index in [1.807, 2.05) is 38.0 Å². The first-order valence-electron chi connectivity index (χ1n) is 4.48. The van der Waals surface area contributed by atoms with E-state index < -0.39 is 0 Å². The maximum absolute atomic E-state index is 11.5. The average Bonchev–Trinajstić information content (AvgIpc) is 2.01. The van der Waals surface area contributed by atoms with E-state index >= 15 is 0 Å². The van der Waals surface area contributed by atoms with Crippen LogP contribution in [0.5, 0.6) is 0 Å². The highest BCUT2D eigenvalue weighted by Gasteiger charge is 2.13. The standard InChI is InChI=1S/C8H21N5O/c1-9-10-8(14)13(6-11(2)3)7-12(4)5/h9H,6-7H2,1-5H3,(H,10,14). The second kappa shape index (κ2) is 6.58. The zero-order valence-corrected chi connectivity index (χ0v) is 9.66. The molecule has 6 heteroatoms. The van der Waals surface area contributed by atoms with Gasteiger partial charge in [-0.3, -0.25) is 20.1 Å². The quantitative estimate of drug-likeness (QED) is 0.452. The molecule has 14 heavy (non-hydrogen) atoms. The number of amides is 2. The van der Waals surface area contributed by atoms with Crippen LogP contribution >= 0.6 is 0 Å². The van der Waals surface area contributed by atoms with Crippen molar-refractivity contribution < 1.29 is 4.79 Å². The van der Waals surface area contributed by atoms with E-state index in [1.54, 1.807) is 11.9 Å². The van der Waals surface area contributed by atoms with Crippen LogP contribution < -0.4 is 10.9 Å². The summed E-state index contributed by atoms with van der Waals surface area (Å²) >= 11 is 0. The molecule has 0 fully saturated rings. The van der Waals surface area contributed by atoms with Gasteiger partial charge in [0.2, 0.25) is 0 Å². The molecule has 0 atom stereocenters. The monoisotopic (exact) mass is 203 g/mol. The third-order valence-corrected chi connectivity index (χ3v) is 1.43. The van der Waals surface area contributed by atoms with Crippen LogP contribution in [0.1, 0.15) is 0 Å². The molecule has 0 aromatic rings. The minimum absolute atomic E-state index is 0.130. The van der Waals surface area contributed by atoms with Crippen LogP contribution in [0.4, 0.5) is 4.79 Å². The van der Waals surface area contributed by atoms with E-state index in [0.717, 1.165) is 0 Å². The Balaban J connectivity index is 4.15. The fraction of sp³-hybridized carbons (Fsp3) is 0.875. The van der Waals surface area contributed by atoms with Crippen LogP contribution in [0.2, 0.25) is 0 Å². The van der Waals surface area contributed by atoms with Crippen LogP contribution in [0.15, 0.2) is 0 Å². The van der Waals surface area contributed by atoms with Crippen molar-refractivity contribution in [1.29, 1.82) is 0 Å². The SMILES string of the molecule is CNNC(=O)N(CN(C)C)CN(C)C. The summed E-state index contributed by atoms with van der Waals surface area (Å²) in [5.74, 6) is 0. The second-order valence-corrected chi connectivity index (χ2v) is 3.66. The van der Waals surface area contributed by atoms with Gasteiger partial charge in [-0.15, -0.1) is 0 Å². The van der Waals surface area contributed by atoms with Crippen LogP contribution in [0.25, 0.3) is 0 Å². The molecule has 0 spiro atoms. The maximum Gasteiger partial charge on any atom is 0.333 e. The Kier molecular flexibility index (Phi) is 6.18. The van der Waals surface area contributed by atoms with E-state index in [2.05, 4.69) is 10.9 Å². The molecule has 0 aliphatic heterocycles. The first-order chi connectivity index (χ1) is 6.47. The summed E-state index contributed by atoms with van der Waals surface area (Å²) in [4.78, 5) is 17.1. The predicted octanol–water partition coefficient (Wildman–Crippen LogP) is -0.829. The Bertz CT molecular complexity index is 161. The predicted molar refractivity (Wildman–Crippen MR) is 56.5 cm³/mol. The van der Waals surface area contributed by atoms with Gasteiger partial charge in [-0.05, 0) is 28.2 Å². The third kappa shape index (κ3) is 5.74. The Labute approximate surface area is 85.8 Å². The molecule has 2 N–H and O–H groups in total. The van der Waals surface area contributed by atoms with Crippen molar-refractivity contribution >= 4 is 6.03 Å². The van der Waals surface area contributed by atoms with Crippen molar-refractivity contribution in [2.24, 2.45) is 0 Å². The molecule has 0 radical (unpaired) electrons. The zero-order chi connectivity index (χ0) is 11.1.